The van der Waals surface area contributed by atoms with Crippen LogP contribution in [0.5, 0.6) is 0 Å². The lowest BCUT2D eigenvalue weighted by Gasteiger charge is -2.23. The summed E-state index contributed by atoms with van der Waals surface area (Å²) in [5.41, 5.74) is 0.699. The molecule has 0 amide bonds. The predicted molar refractivity (Wildman–Crippen MR) is 66.1 cm³/mol. The summed E-state index contributed by atoms with van der Waals surface area (Å²) in [5, 5.41) is 8.60. The second kappa shape index (κ2) is 4.29. The molecule has 6 heteroatoms. The van der Waals surface area contributed by atoms with Gasteiger partial charge in [-0.05, 0) is 19.1 Å². The second-order valence-electron chi connectivity index (χ2n) is 4.24. The van der Waals surface area contributed by atoms with Crippen LogP contribution >= 0.6 is 0 Å². The predicted octanol–water partition coefficient (Wildman–Crippen LogP) is 1.04. The summed E-state index contributed by atoms with van der Waals surface area (Å²) in [7, 11) is 0. The molecule has 1 unspecified atom stereocenters. The van der Waals surface area contributed by atoms with Gasteiger partial charge in [-0.2, -0.15) is 5.10 Å². The Balaban J connectivity index is 1.91. The van der Waals surface area contributed by atoms with E-state index in [0.717, 1.165) is 11.2 Å². The van der Waals surface area contributed by atoms with Gasteiger partial charge in [-0.3, -0.25) is 4.79 Å². The first-order valence-electron chi connectivity index (χ1n) is 6.01. The zero-order chi connectivity index (χ0) is 12.5. The average Bonchev–Trinajstić information content (AvgIpc) is 2.76. The number of carbonyl (C=O) groups excluding carboxylic acids is 1. The Labute approximate surface area is 104 Å². The molecule has 1 aliphatic heterocycles. The summed E-state index contributed by atoms with van der Waals surface area (Å²) in [4.78, 5) is 15.9. The largest absolute Gasteiger partial charge is 0.466 e. The Hall–Kier alpha value is -2.11. The number of fused-ring (bicyclic) bond motifs is 3. The Kier molecular flexibility index (Phi) is 2.62. The highest BCUT2D eigenvalue weighted by atomic mass is 16.5. The highest BCUT2D eigenvalue weighted by molar-refractivity contribution is 5.88. The summed E-state index contributed by atoms with van der Waals surface area (Å²) in [5.74, 6) is 0.563. The fourth-order valence-electron chi connectivity index (χ4n) is 2.19. The van der Waals surface area contributed by atoms with Gasteiger partial charge in [0.05, 0.1) is 24.5 Å². The van der Waals surface area contributed by atoms with Crippen LogP contribution in [-0.2, 0) is 16.1 Å². The number of pyridine rings is 1. The van der Waals surface area contributed by atoms with E-state index in [4.69, 9.17) is 4.74 Å². The van der Waals surface area contributed by atoms with Gasteiger partial charge in [0.15, 0.2) is 5.65 Å². The molecule has 0 aliphatic carbocycles. The van der Waals surface area contributed by atoms with Crippen molar-refractivity contribution in [2.24, 2.45) is 5.92 Å². The third-order valence-electron chi connectivity index (χ3n) is 3.04. The van der Waals surface area contributed by atoms with E-state index < -0.39 is 0 Å². The summed E-state index contributed by atoms with van der Waals surface area (Å²) in [6.07, 6.45) is 1.71. The molecule has 1 aliphatic rings. The Bertz CT molecular complexity index is 593. The average molecular weight is 246 g/mol. The number of hydrogen-bond donors (Lipinski definition) is 1. The standard InChI is InChI=1S/C12H14N4O2/c1-2-18-12(17)8-6-14-11-9-4-3-5-13-10(9)15-16(11)7-8/h3-5,8,14H,2,6-7H2,1H3. The lowest BCUT2D eigenvalue weighted by Crippen LogP contribution is -2.34. The van der Waals surface area contributed by atoms with Crippen molar-refractivity contribution in [2.75, 3.05) is 18.5 Å². The van der Waals surface area contributed by atoms with E-state index in [-0.39, 0.29) is 11.9 Å². The Morgan fingerprint density at radius 2 is 2.56 bits per heavy atom. The van der Waals surface area contributed by atoms with Crippen LogP contribution in [-0.4, -0.2) is 33.9 Å². The topological polar surface area (TPSA) is 69.0 Å². The van der Waals surface area contributed by atoms with Crippen LogP contribution in [0.25, 0.3) is 11.0 Å². The number of ether oxygens (including phenoxy) is 1. The number of aromatic nitrogens is 3. The molecule has 0 saturated heterocycles. The van der Waals surface area contributed by atoms with Gasteiger partial charge in [-0.15, -0.1) is 0 Å². The molecule has 0 aromatic carbocycles. The van der Waals surface area contributed by atoms with Crippen LogP contribution in [0.15, 0.2) is 18.3 Å². The first-order valence-corrected chi connectivity index (χ1v) is 6.01. The third kappa shape index (κ3) is 1.70. The molecule has 1 atom stereocenters. The number of nitrogens with one attached hydrogen (secondary N) is 1. The van der Waals surface area contributed by atoms with Crippen LogP contribution < -0.4 is 5.32 Å². The highest BCUT2D eigenvalue weighted by Crippen LogP contribution is 2.26. The van der Waals surface area contributed by atoms with Crippen LogP contribution in [0, 0.1) is 5.92 Å². The van der Waals surface area contributed by atoms with E-state index in [1.165, 1.54) is 0 Å². The first kappa shape index (κ1) is 11.0. The SMILES string of the molecule is CCOC(=O)C1CNc2c3cccnc3nn2C1. The van der Waals surface area contributed by atoms with Gasteiger partial charge >= 0.3 is 5.97 Å². The molecule has 18 heavy (non-hydrogen) atoms. The fourth-order valence-corrected chi connectivity index (χ4v) is 2.19. The second-order valence-corrected chi connectivity index (χ2v) is 4.24. The number of anilines is 1. The molecule has 3 rings (SSSR count). The van der Waals surface area contributed by atoms with Crippen LogP contribution in [0.4, 0.5) is 5.82 Å². The van der Waals surface area contributed by atoms with Crippen molar-refractivity contribution in [1.29, 1.82) is 0 Å². The molecular formula is C12H14N4O2. The summed E-state index contributed by atoms with van der Waals surface area (Å²) < 4.78 is 6.83. The van der Waals surface area contributed by atoms with Crippen molar-refractivity contribution in [3.63, 3.8) is 0 Å². The maximum atomic E-state index is 11.7. The number of nitrogens with zero attached hydrogens (tertiary/aromatic N) is 3. The molecule has 0 bridgehead atoms. The van der Waals surface area contributed by atoms with Gasteiger partial charge in [-0.1, -0.05) is 0 Å². The van der Waals surface area contributed by atoms with E-state index in [1.807, 2.05) is 19.1 Å². The molecule has 0 spiro atoms. The van der Waals surface area contributed by atoms with Crippen molar-refractivity contribution in [3.8, 4) is 0 Å². The summed E-state index contributed by atoms with van der Waals surface area (Å²) >= 11 is 0. The van der Waals surface area contributed by atoms with Crippen LogP contribution in [0.1, 0.15) is 6.92 Å². The number of hydrogen-bond acceptors (Lipinski definition) is 5. The quantitative estimate of drug-likeness (QED) is 0.802. The van der Waals surface area contributed by atoms with Gasteiger partial charge in [0.1, 0.15) is 5.82 Å². The molecule has 0 radical (unpaired) electrons. The first-order chi connectivity index (χ1) is 8.79. The van der Waals surface area contributed by atoms with Crippen LogP contribution in [0.3, 0.4) is 0 Å². The molecule has 6 nitrogen and oxygen atoms in total. The van der Waals surface area contributed by atoms with E-state index in [0.29, 0.717) is 25.3 Å². The van der Waals surface area contributed by atoms with Crippen LogP contribution in [0.2, 0.25) is 0 Å². The minimum atomic E-state index is -0.188. The molecule has 0 fully saturated rings. The van der Waals surface area contributed by atoms with Gasteiger partial charge in [-0.25, -0.2) is 9.67 Å². The third-order valence-corrected chi connectivity index (χ3v) is 3.04. The van der Waals surface area contributed by atoms with Gasteiger partial charge in [0.2, 0.25) is 0 Å². The molecule has 2 aromatic rings. The van der Waals surface area contributed by atoms with Crippen molar-refractivity contribution < 1.29 is 9.53 Å². The Morgan fingerprint density at radius 1 is 1.67 bits per heavy atom. The van der Waals surface area contributed by atoms with Crippen molar-refractivity contribution >= 4 is 22.8 Å². The van der Waals surface area contributed by atoms with Gasteiger partial charge in [0, 0.05) is 12.7 Å². The lowest BCUT2D eigenvalue weighted by molar-refractivity contribution is -0.148. The molecule has 2 aromatic heterocycles. The highest BCUT2D eigenvalue weighted by Gasteiger charge is 2.27. The Morgan fingerprint density at radius 3 is 3.39 bits per heavy atom. The molecular weight excluding hydrogens is 232 g/mol. The smallest absolute Gasteiger partial charge is 0.312 e. The minimum Gasteiger partial charge on any atom is -0.466 e. The van der Waals surface area contributed by atoms with Crippen molar-refractivity contribution in [3.05, 3.63) is 18.3 Å². The minimum absolute atomic E-state index is 0.178. The van der Waals surface area contributed by atoms with Gasteiger partial charge < -0.3 is 10.1 Å². The fraction of sp³-hybridized carbons (Fsp3) is 0.417. The lowest BCUT2D eigenvalue weighted by atomic mass is 10.1. The van der Waals surface area contributed by atoms with Gasteiger partial charge in [0.25, 0.3) is 0 Å². The normalized spacial score (nSPS) is 18.2. The zero-order valence-corrected chi connectivity index (χ0v) is 10.1. The molecule has 3 heterocycles. The summed E-state index contributed by atoms with van der Waals surface area (Å²) in [6.45, 7) is 3.34. The molecule has 94 valence electrons. The van der Waals surface area contributed by atoms with Crippen molar-refractivity contribution in [1.82, 2.24) is 14.8 Å². The van der Waals surface area contributed by atoms with Crippen molar-refractivity contribution in [2.45, 2.75) is 13.5 Å². The number of rotatable bonds is 2. The summed E-state index contributed by atoms with van der Waals surface area (Å²) in [6, 6.07) is 3.85. The zero-order valence-electron chi connectivity index (χ0n) is 10.1. The van der Waals surface area contributed by atoms with E-state index in [2.05, 4.69) is 15.4 Å². The monoisotopic (exact) mass is 246 g/mol. The molecule has 0 saturated carbocycles. The number of esters is 1. The van der Waals surface area contributed by atoms with E-state index in [9.17, 15) is 4.79 Å². The van der Waals surface area contributed by atoms with E-state index >= 15 is 0 Å². The van der Waals surface area contributed by atoms with E-state index in [1.54, 1.807) is 10.9 Å². The maximum Gasteiger partial charge on any atom is 0.312 e. The molecule has 1 N–H and O–H groups in total. The maximum absolute atomic E-state index is 11.7. The number of carbonyl (C=O) groups is 1.